The van der Waals surface area contributed by atoms with Crippen molar-refractivity contribution in [2.75, 3.05) is 44.6 Å². The molecule has 1 aromatic carbocycles. The van der Waals surface area contributed by atoms with Gasteiger partial charge in [0.05, 0.1) is 12.3 Å². The zero-order valence-corrected chi connectivity index (χ0v) is 13.4. The molecule has 0 atom stereocenters. The van der Waals surface area contributed by atoms with Crippen molar-refractivity contribution in [2.24, 2.45) is 0 Å². The molecule has 7 heteroatoms. The predicted molar refractivity (Wildman–Crippen MR) is 84.0 cm³/mol. The van der Waals surface area contributed by atoms with Crippen LogP contribution in [0.5, 0.6) is 5.75 Å². The van der Waals surface area contributed by atoms with Crippen LogP contribution < -0.4 is 14.4 Å². The Morgan fingerprint density at radius 2 is 2.14 bits per heavy atom. The Bertz CT molecular complexity index is 562. The summed E-state index contributed by atoms with van der Waals surface area (Å²) in [5.41, 5.74) is 0.621. The van der Waals surface area contributed by atoms with E-state index >= 15 is 0 Å². The third-order valence-corrected chi connectivity index (χ3v) is 5.38. The van der Waals surface area contributed by atoms with Crippen molar-refractivity contribution in [2.45, 2.75) is 12.8 Å². The summed E-state index contributed by atoms with van der Waals surface area (Å²) in [5, 5.41) is 3.02. The number of hydrogen-bond donors (Lipinski definition) is 1. The van der Waals surface area contributed by atoms with Crippen molar-refractivity contribution in [3.8, 4) is 5.75 Å². The summed E-state index contributed by atoms with van der Waals surface area (Å²) >= 11 is 0. The average Bonchev–Trinajstić information content (AvgIpc) is 2.70. The molecule has 0 fully saturated rings. The molecule has 0 aromatic heterocycles. The molecule has 21 heavy (non-hydrogen) atoms. The minimum absolute atomic E-state index is 0.440. The first-order valence-electron chi connectivity index (χ1n) is 7.18. The van der Waals surface area contributed by atoms with Gasteiger partial charge < -0.3 is 10.1 Å². The molecule has 0 spiro atoms. The van der Waals surface area contributed by atoms with E-state index in [1.807, 2.05) is 25.2 Å². The molecular formula is C14H23N3O3S. The summed E-state index contributed by atoms with van der Waals surface area (Å²) in [6.07, 6.45) is 1.45. The van der Waals surface area contributed by atoms with E-state index in [4.69, 9.17) is 4.74 Å². The minimum Gasteiger partial charge on any atom is -0.491 e. The topological polar surface area (TPSA) is 61.9 Å². The number of rotatable bonds is 6. The molecule has 118 valence electrons. The number of para-hydroxylation sites is 2. The molecular weight excluding hydrogens is 290 g/mol. The highest BCUT2D eigenvalue weighted by Crippen LogP contribution is 2.32. The molecule has 0 aliphatic carbocycles. The molecule has 0 radical (unpaired) electrons. The maximum Gasteiger partial charge on any atom is 0.303 e. The van der Waals surface area contributed by atoms with E-state index < -0.39 is 10.2 Å². The number of fused-ring (bicyclic) bond motifs is 1. The van der Waals surface area contributed by atoms with E-state index in [0.717, 1.165) is 13.0 Å². The fourth-order valence-electron chi connectivity index (χ4n) is 2.30. The van der Waals surface area contributed by atoms with Gasteiger partial charge in [0.1, 0.15) is 5.75 Å². The SMILES string of the molecule is CNCCCN(C)S(=O)(=O)N1CCCOc2ccccc21. The van der Waals surface area contributed by atoms with Gasteiger partial charge in [0, 0.05) is 26.6 Å². The Morgan fingerprint density at radius 1 is 1.38 bits per heavy atom. The zero-order chi connectivity index (χ0) is 15.3. The van der Waals surface area contributed by atoms with Crippen LogP contribution in [0.15, 0.2) is 24.3 Å². The standard InChI is InChI=1S/C14H23N3O3S/c1-15-9-5-10-16(2)21(18,19)17-11-6-12-20-14-8-4-3-7-13(14)17/h3-4,7-8,15H,5-6,9-12H2,1-2H3. The quantitative estimate of drug-likeness (QED) is 0.798. The van der Waals surface area contributed by atoms with Crippen LogP contribution in [-0.2, 0) is 10.2 Å². The van der Waals surface area contributed by atoms with Gasteiger partial charge in [-0.15, -0.1) is 0 Å². The van der Waals surface area contributed by atoms with Crippen LogP contribution in [0.1, 0.15) is 12.8 Å². The summed E-state index contributed by atoms with van der Waals surface area (Å²) in [7, 11) is -0.0380. The molecule has 6 nitrogen and oxygen atoms in total. The third-order valence-electron chi connectivity index (χ3n) is 3.47. The van der Waals surface area contributed by atoms with Gasteiger partial charge in [-0.2, -0.15) is 12.7 Å². The van der Waals surface area contributed by atoms with Gasteiger partial charge in [-0.05, 0) is 32.1 Å². The second-order valence-corrected chi connectivity index (χ2v) is 6.99. The van der Waals surface area contributed by atoms with Crippen molar-refractivity contribution >= 4 is 15.9 Å². The van der Waals surface area contributed by atoms with E-state index in [-0.39, 0.29) is 0 Å². The molecule has 2 rings (SSSR count). The van der Waals surface area contributed by atoms with E-state index in [1.165, 1.54) is 8.61 Å². The molecule has 0 saturated heterocycles. The Morgan fingerprint density at radius 3 is 2.90 bits per heavy atom. The van der Waals surface area contributed by atoms with Gasteiger partial charge in [0.25, 0.3) is 0 Å². The second-order valence-electron chi connectivity index (χ2n) is 5.03. The van der Waals surface area contributed by atoms with Crippen LogP contribution in [0.4, 0.5) is 5.69 Å². The minimum atomic E-state index is -3.52. The first kappa shape index (κ1) is 16.1. The van der Waals surface area contributed by atoms with Crippen molar-refractivity contribution in [3.05, 3.63) is 24.3 Å². The van der Waals surface area contributed by atoms with Crippen molar-refractivity contribution < 1.29 is 13.2 Å². The fourth-order valence-corrected chi connectivity index (χ4v) is 3.75. The van der Waals surface area contributed by atoms with Gasteiger partial charge in [-0.3, -0.25) is 4.31 Å². The third kappa shape index (κ3) is 3.66. The van der Waals surface area contributed by atoms with Crippen molar-refractivity contribution in [1.29, 1.82) is 0 Å². The summed E-state index contributed by atoms with van der Waals surface area (Å²) in [6, 6.07) is 7.28. The first-order valence-corrected chi connectivity index (χ1v) is 8.57. The lowest BCUT2D eigenvalue weighted by molar-refractivity contribution is 0.322. The van der Waals surface area contributed by atoms with Crippen molar-refractivity contribution in [1.82, 2.24) is 9.62 Å². The van der Waals surface area contributed by atoms with E-state index in [2.05, 4.69) is 5.32 Å². The highest BCUT2D eigenvalue weighted by atomic mass is 32.2. The highest BCUT2D eigenvalue weighted by molar-refractivity contribution is 7.90. The number of benzene rings is 1. The fraction of sp³-hybridized carbons (Fsp3) is 0.571. The Labute approximate surface area is 126 Å². The normalized spacial score (nSPS) is 15.5. The highest BCUT2D eigenvalue weighted by Gasteiger charge is 2.30. The Hall–Kier alpha value is -1.31. The van der Waals surface area contributed by atoms with Crippen LogP contribution in [-0.4, -0.2) is 53.1 Å². The maximum absolute atomic E-state index is 12.8. The summed E-state index contributed by atoms with van der Waals surface area (Å²) in [4.78, 5) is 0. The number of anilines is 1. The molecule has 0 amide bonds. The smallest absolute Gasteiger partial charge is 0.303 e. The lowest BCUT2D eigenvalue weighted by Crippen LogP contribution is -2.43. The average molecular weight is 313 g/mol. The Kier molecular flexibility index (Phi) is 5.44. The number of ether oxygens (including phenoxy) is 1. The molecule has 1 N–H and O–H groups in total. The summed E-state index contributed by atoms with van der Waals surface area (Å²) in [5.74, 6) is 0.627. The molecule has 1 aliphatic heterocycles. The molecule has 0 unspecified atom stereocenters. The monoisotopic (exact) mass is 313 g/mol. The number of nitrogens with zero attached hydrogens (tertiary/aromatic N) is 2. The first-order chi connectivity index (χ1) is 10.1. The van der Waals surface area contributed by atoms with Gasteiger partial charge in [0.2, 0.25) is 0 Å². The molecule has 0 bridgehead atoms. The Balaban J connectivity index is 2.23. The molecule has 1 aromatic rings. The van der Waals surface area contributed by atoms with Crippen LogP contribution in [0, 0.1) is 0 Å². The van der Waals surface area contributed by atoms with E-state index in [1.54, 1.807) is 13.1 Å². The molecule has 0 saturated carbocycles. The number of hydrogen-bond acceptors (Lipinski definition) is 4. The van der Waals surface area contributed by atoms with Crippen LogP contribution in [0.2, 0.25) is 0 Å². The lowest BCUT2D eigenvalue weighted by Gasteiger charge is -2.28. The second kappa shape index (κ2) is 7.11. The summed E-state index contributed by atoms with van der Waals surface area (Å²) in [6.45, 7) is 2.25. The van der Waals surface area contributed by atoms with Crippen LogP contribution in [0.25, 0.3) is 0 Å². The summed E-state index contributed by atoms with van der Waals surface area (Å²) < 4.78 is 34.0. The molecule has 1 heterocycles. The lowest BCUT2D eigenvalue weighted by atomic mass is 10.3. The van der Waals surface area contributed by atoms with Gasteiger partial charge >= 0.3 is 10.2 Å². The van der Waals surface area contributed by atoms with Gasteiger partial charge in [-0.1, -0.05) is 12.1 Å². The van der Waals surface area contributed by atoms with Gasteiger partial charge in [0.15, 0.2) is 0 Å². The predicted octanol–water partition coefficient (Wildman–Crippen LogP) is 1.06. The van der Waals surface area contributed by atoms with Gasteiger partial charge in [-0.25, -0.2) is 0 Å². The van der Waals surface area contributed by atoms with Crippen molar-refractivity contribution in [3.63, 3.8) is 0 Å². The zero-order valence-electron chi connectivity index (χ0n) is 12.6. The maximum atomic E-state index is 12.8. The van der Waals surface area contributed by atoms with E-state index in [0.29, 0.717) is 37.6 Å². The van der Waals surface area contributed by atoms with Crippen LogP contribution >= 0.6 is 0 Å². The number of nitrogens with one attached hydrogen (secondary N) is 1. The van der Waals surface area contributed by atoms with Crippen LogP contribution in [0.3, 0.4) is 0 Å². The molecule has 1 aliphatic rings. The van der Waals surface area contributed by atoms with E-state index in [9.17, 15) is 8.42 Å². The largest absolute Gasteiger partial charge is 0.491 e.